The molecule has 1 aliphatic rings. The zero-order valence-corrected chi connectivity index (χ0v) is 17.8. The first kappa shape index (κ1) is 19.5. The SMILES string of the molecule is Cc1ncc(-c2cccc3c2CCC(Cc2ccccc2)(Cc2ccccc2)O3)cn1. The highest BCUT2D eigenvalue weighted by molar-refractivity contribution is 5.69. The molecule has 5 rings (SSSR count). The van der Waals surface area contributed by atoms with Gasteiger partial charge in [0.2, 0.25) is 0 Å². The van der Waals surface area contributed by atoms with Crippen LogP contribution in [0.15, 0.2) is 91.3 Å². The minimum absolute atomic E-state index is 0.266. The van der Waals surface area contributed by atoms with E-state index >= 15 is 0 Å². The Morgan fingerprint density at radius 1 is 0.774 bits per heavy atom. The summed E-state index contributed by atoms with van der Waals surface area (Å²) in [6.45, 7) is 1.91. The third kappa shape index (κ3) is 4.22. The second-order valence-corrected chi connectivity index (χ2v) is 8.41. The van der Waals surface area contributed by atoms with Crippen molar-refractivity contribution >= 4 is 0 Å². The Hall–Kier alpha value is -3.46. The van der Waals surface area contributed by atoms with Gasteiger partial charge < -0.3 is 4.74 Å². The van der Waals surface area contributed by atoms with E-state index in [4.69, 9.17) is 4.74 Å². The molecule has 0 N–H and O–H groups in total. The van der Waals surface area contributed by atoms with E-state index in [9.17, 15) is 0 Å². The van der Waals surface area contributed by atoms with Crippen LogP contribution in [0.25, 0.3) is 11.1 Å². The van der Waals surface area contributed by atoms with Gasteiger partial charge in [0.1, 0.15) is 17.2 Å². The molecular weight excluding hydrogens is 380 g/mol. The third-order valence-corrected chi connectivity index (χ3v) is 6.12. The molecular formula is C28H26N2O. The summed E-state index contributed by atoms with van der Waals surface area (Å²) in [7, 11) is 0. The van der Waals surface area contributed by atoms with Crippen LogP contribution in [-0.2, 0) is 19.3 Å². The van der Waals surface area contributed by atoms with E-state index in [1.807, 2.05) is 19.3 Å². The van der Waals surface area contributed by atoms with Crippen LogP contribution in [-0.4, -0.2) is 15.6 Å². The topological polar surface area (TPSA) is 35.0 Å². The van der Waals surface area contributed by atoms with Crippen molar-refractivity contribution in [2.45, 2.75) is 38.2 Å². The van der Waals surface area contributed by atoms with Gasteiger partial charge in [0.25, 0.3) is 0 Å². The van der Waals surface area contributed by atoms with Gasteiger partial charge in [-0.1, -0.05) is 72.8 Å². The van der Waals surface area contributed by atoms with Crippen molar-refractivity contribution in [1.29, 1.82) is 0 Å². The van der Waals surface area contributed by atoms with E-state index in [0.717, 1.165) is 42.8 Å². The van der Waals surface area contributed by atoms with E-state index in [1.165, 1.54) is 22.3 Å². The summed E-state index contributed by atoms with van der Waals surface area (Å²) in [5.41, 5.74) is 5.83. The van der Waals surface area contributed by atoms with E-state index in [-0.39, 0.29) is 5.60 Å². The van der Waals surface area contributed by atoms with Gasteiger partial charge in [-0.05, 0) is 42.5 Å². The number of nitrogens with zero attached hydrogens (tertiary/aromatic N) is 2. The van der Waals surface area contributed by atoms with Crippen LogP contribution >= 0.6 is 0 Å². The van der Waals surface area contributed by atoms with Gasteiger partial charge in [-0.2, -0.15) is 0 Å². The normalized spacial score (nSPS) is 14.5. The molecule has 0 saturated heterocycles. The number of hydrogen-bond donors (Lipinski definition) is 0. The molecule has 0 saturated carbocycles. The standard InChI is InChI=1S/C28H26N2O/c1-21-29-19-24(20-30-21)25-13-8-14-27-26(25)15-16-28(31-27,17-22-9-4-2-5-10-22)18-23-11-6-3-7-12-23/h2-14,19-20H,15-18H2,1H3. The van der Waals surface area contributed by atoms with Gasteiger partial charge in [0.15, 0.2) is 0 Å². The van der Waals surface area contributed by atoms with Crippen LogP contribution in [0.5, 0.6) is 5.75 Å². The van der Waals surface area contributed by atoms with Crippen LogP contribution in [0.4, 0.5) is 0 Å². The maximum atomic E-state index is 6.87. The molecule has 0 radical (unpaired) electrons. The smallest absolute Gasteiger partial charge is 0.125 e. The molecule has 4 aromatic rings. The van der Waals surface area contributed by atoms with Crippen molar-refractivity contribution in [3.63, 3.8) is 0 Å². The Kier molecular flexibility index (Phi) is 5.25. The molecule has 154 valence electrons. The van der Waals surface area contributed by atoms with Gasteiger partial charge in [-0.15, -0.1) is 0 Å². The van der Waals surface area contributed by atoms with Gasteiger partial charge >= 0.3 is 0 Å². The summed E-state index contributed by atoms with van der Waals surface area (Å²) >= 11 is 0. The van der Waals surface area contributed by atoms with Crippen LogP contribution < -0.4 is 4.74 Å². The number of ether oxygens (including phenoxy) is 1. The number of fused-ring (bicyclic) bond motifs is 1. The maximum absolute atomic E-state index is 6.87. The average molecular weight is 407 g/mol. The van der Waals surface area contributed by atoms with Gasteiger partial charge in [0, 0.05) is 36.4 Å². The maximum Gasteiger partial charge on any atom is 0.125 e. The third-order valence-electron chi connectivity index (χ3n) is 6.12. The predicted molar refractivity (Wildman–Crippen MR) is 124 cm³/mol. The number of hydrogen-bond acceptors (Lipinski definition) is 3. The average Bonchev–Trinajstić information content (AvgIpc) is 2.80. The summed E-state index contributed by atoms with van der Waals surface area (Å²) < 4.78 is 6.87. The van der Waals surface area contributed by atoms with Crippen molar-refractivity contribution in [3.05, 3.63) is 114 Å². The zero-order chi connectivity index (χ0) is 21.1. The fourth-order valence-electron chi connectivity index (χ4n) is 4.61. The Bertz CT molecular complexity index is 1110. The molecule has 0 spiro atoms. The summed E-state index contributed by atoms with van der Waals surface area (Å²) in [6, 6.07) is 27.7. The van der Waals surface area contributed by atoms with E-state index in [0.29, 0.717) is 0 Å². The first-order valence-electron chi connectivity index (χ1n) is 10.9. The van der Waals surface area contributed by atoms with Crippen molar-refractivity contribution in [2.24, 2.45) is 0 Å². The number of aryl methyl sites for hydroxylation is 1. The summed E-state index contributed by atoms with van der Waals surface area (Å²) in [4.78, 5) is 8.79. The molecule has 0 amide bonds. The predicted octanol–water partition coefficient (Wildman–Crippen LogP) is 6.00. The minimum atomic E-state index is -0.266. The Morgan fingerprint density at radius 2 is 1.39 bits per heavy atom. The molecule has 3 heteroatoms. The van der Waals surface area contributed by atoms with Gasteiger partial charge in [-0.25, -0.2) is 9.97 Å². The molecule has 0 bridgehead atoms. The van der Waals surface area contributed by atoms with E-state index < -0.39 is 0 Å². The monoisotopic (exact) mass is 406 g/mol. The van der Waals surface area contributed by atoms with Crippen molar-refractivity contribution in [3.8, 4) is 16.9 Å². The zero-order valence-electron chi connectivity index (χ0n) is 17.8. The van der Waals surface area contributed by atoms with Crippen LogP contribution in [0.3, 0.4) is 0 Å². The van der Waals surface area contributed by atoms with Crippen molar-refractivity contribution in [1.82, 2.24) is 9.97 Å². The van der Waals surface area contributed by atoms with Crippen LogP contribution in [0.2, 0.25) is 0 Å². The fraction of sp³-hybridized carbons (Fsp3) is 0.214. The molecule has 0 atom stereocenters. The Labute approximate surface area is 183 Å². The lowest BCUT2D eigenvalue weighted by Crippen LogP contribution is -2.44. The lowest BCUT2D eigenvalue weighted by atomic mass is 9.80. The lowest BCUT2D eigenvalue weighted by molar-refractivity contribution is 0.0466. The van der Waals surface area contributed by atoms with Gasteiger partial charge in [-0.3, -0.25) is 0 Å². The highest BCUT2D eigenvalue weighted by Crippen LogP contribution is 2.41. The van der Waals surface area contributed by atoms with Crippen molar-refractivity contribution in [2.75, 3.05) is 0 Å². The Morgan fingerprint density at radius 3 is 2.00 bits per heavy atom. The molecule has 0 fully saturated rings. The second kappa shape index (κ2) is 8.35. The molecule has 2 heterocycles. The molecule has 31 heavy (non-hydrogen) atoms. The second-order valence-electron chi connectivity index (χ2n) is 8.41. The number of rotatable bonds is 5. The number of aromatic nitrogens is 2. The van der Waals surface area contributed by atoms with E-state index in [2.05, 4.69) is 88.8 Å². The van der Waals surface area contributed by atoms with Crippen molar-refractivity contribution < 1.29 is 4.74 Å². The molecule has 0 unspecified atom stereocenters. The molecule has 3 nitrogen and oxygen atoms in total. The summed E-state index contributed by atoms with van der Waals surface area (Å²) in [6.07, 6.45) is 7.54. The quantitative estimate of drug-likeness (QED) is 0.408. The van der Waals surface area contributed by atoms with Gasteiger partial charge in [0.05, 0.1) is 0 Å². The first-order valence-corrected chi connectivity index (χ1v) is 10.9. The molecule has 1 aliphatic heterocycles. The lowest BCUT2D eigenvalue weighted by Gasteiger charge is -2.40. The molecule has 0 aliphatic carbocycles. The summed E-state index contributed by atoms with van der Waals surface area (Å²) in [5, 5.41) is 0. The largest absolute Gasteiger partial charge is 0.486 e. The minimum Gasteiger partial charge on any atom is -0.486 e. The van der Waals surface area contributed by atoms with Crippen LogP contribution in [0.1, 0.15) is 28.9 Å². The highest BCUT2D eigenvalue weighted by atomic mass is 16.5. The first-order chi connectivity index (χ1) is 15.2. The van der Waals surface area contributed by atoms with E-state index in [1.54, 1.807) is 0 Å². The Balaban J connectivity index is 1.52. The van der Waals surface area contributed by atoms with Crippen LogP contribution in [0, 0.1) is 6.92 Å². The fourth-order valence-corrected chi connectivity index (χ4v) is 4.61. The highest BCUT2D eigenvalue weighted by Gasteiger charge is 2.37. The molecule has 1 aromatic heterocycles. The molecule has 3 aromatic carbocycles. The summed E-state index contributed by atoms with van der Waals surface area (Å²) in [5.74, 6) is 1.77. The number of benzene rings is 3.